The average Bonchev–Trinajstić information content (AvgIpc) is 4.10. The zero-order chi connectivity index (χ0) is 39.6. The molecule has 11 heteroatoms. The second-order valence-electron chi connectivity index (χ2n) is 14.4. The van der Waals surface area contributed by atoms with Crippen molar-refractivity contribution in [3.8, 4) is 23.7 Å². The van der Waals surface area contributed by atoms with Crippen LogP contribution in [0, 0.1) is 23.7 Å². The molecule has 2 aromatic heterocycles. The number of imidazole rings is 2. The van der Waals surface area contributed by atoms with E-state index in [2.05, 4.69) is 67.6 Å². The molecule has 4 unspecified atom stereocenters. The summed E-state index contributed by atoms with van der Waals surface area (Å²) in [5, 5.41) is 2.99. The van der Waals surface area contributed by atoms with E-state index in [1.807, 2.05) is 89.8 Å². The quantitative estimate of drug-likeness (QED) is 0.125. The van der Waals surface area contributed by atoms with Gasteiger partial charge in [-0.1, -0.05) is 86.4 Å². The van der Waals surface area contributed by atoms with Crippen LogP contribution in [0.1, 0.15) is 109 Å². The lowest BCUT2D eigenvalue weighted by Gasteiger charge is -2.34. The molecule has 0 spiro atoms. The van der Waals surface area contributed by atoms with E-state index < -0.39 is 6.09 Å². The van der Waals surface area contributed by atoms with E-state index in [0.717, 1.165) is 84.9 Å². The monoisotopic (exact) mass is 762 g/mol. The number of carbonyl (C=O) groups excluding carboxylic acids is 2. The summed E-state index contributed by atoms with van der Waals surface area (Å²) in [6.07, 6.45) is 6.88. The van der Waals surface area contributed by atoms with Crippen molar-refractivity contribution < 1.29 is 14.3 Å². The molecule has 0 bridgehead atoms. The number of nitrogens with one attached hydrogen (secondary N) is 3. The number of alkyl carbamates (subject to hydrolysis) is 1. The molecule has 0 aliphatic carbocycles. The highest BCUT2D eigenvalue weighted by Crippen LogP contribution is 2.35. The van der Waals surface area contributed by atoms with Gasteiger partial charge in [0.05, 0.1) is 37.6 Å². The standard InChI is InChI=1S/C46H50N8O3/c1-4-52(5-2)42(36-16-10-7-11-17-36)45(55)54-29-13-19-41(54)44-48-31-38(50-44)27-25-34-22-20-33(21-23-34)24-26-37-30-47-43(49-37)40-18-12-28-53(40)32-39(51-46(56)57-3)35-14-8-6-9-15-35/h6-11,14-17,20-23,30-31,39-42H,4-5,12-13,18-19,28-29,32H2,1-3H3,(H,47,49)(H,48,50)(H,51,56). The van der Waals surface area contributed by atoms with Crippen molar-refractivity contribution in [3.05, 3.63) is 143 Å². The number of hydrogen-bond acceptors (Lipinski definition) is 7. The maximum absolute atomic E-state index is 14.1. The third-order valence-electron chi connectivity index (χ3n) is 10.9. The molecular weight excluding hydrogens is 713 g/mol. The number of carbonyl (C=O) groups is 2. The Morgan fingerprint density at radius 2 is 1.32 bits per heavy atom. The van der Waals surface area contributed by atoms with Gasteiger partial charge in [0.1, 0.15) is 29.1 Å². The van der Waals surface area contributed by atoms with Crippen LogP contribution in [0.2, 0.25) is 0 Å². The lowest BCUT2D eigenvalue weighted by Crippen LogP contribution is -2.43. The first-order chi connectivity index (χ1) is 27.9. The van der Waals surface area contributed by atoms with Gasteiger partial charge in [0.15, 0.2) is 0 Å². The van der Waals surface area contributed by atoms with Gasteiger partial charge in [-0.05, 0) is 92.6 Å². The second kappa shape index (κ2) is 18.7. The van der Waals surface area contributed by atoms with Crippen LogP contribution in [-0.4, -0.2) is 86.5 Å². The Balaban J connectivity index is 0.974. The molecule has 2 saturated heterocycles. The van der Waals surface area contributed by atoms with E-state index in [4.69, 9.17) is 9.72 Å². The molecule has 3 N–H and O–H groups in total. The summed E-state index contributed by atoms with van der Waals surface area (Å²) >= 11 is 0. The molecule has 7 rings (SSSR count). The smallest absolute Gasteiger partial charge is 0.407 e. The van der Waals surface area contributed by atoms with Crippen LogP contribution < -0.4 is 5.32 Å². The van der Waals surface area contributed by atoms with Gasteiger partial charge in [0.25, 0.3) is 0 Å². The van der Waals surface area contributed by atoms with Gasteiger partial charge in [-0.25, -0.2) is 14.8 Å². The van der Waals surface area contributed by atoms with Crippen molar-refractivity contribution in [2.24, 2.45) is 0 Å². The Kier molecular flexibility index (Phi) is 12.8. The Morgan fingerprint density at radius 1 is 0.772 bits per heavy atom. The van der Waals surface area contributed by atoms with Gasteiger partial charge in [0, 0.05) is 24.2 Å². The molecule has 2 fully saturated rings. The van der Waals surface area contributed by atoms with Crippen LogP contribution in [0.4, 0.5) is 4.79 Å². The van der Waals surface area contributed by atoms with Crippen LogP contribution in [0.3, 0.4) is 0 Å². The third-order valence-corrected chi connectivity index (χ3v) is 10.9. The summed E-state index contributed by atoms with van der Waals surface area (Å²) in [4.78, 5) is 49.1. The fraction of sp³-hybridized carbons (Fsp3) is 0.348. The first kappa shape index (κ1) is 39.1. The number of likely N-dealkylation sites (tertiary alicyclic amines) is 2. The van der Waals surface area contributed by atoms with Gasteiger partial charge < -0.3 is 24.9 Å². The van der Waals surface area contributed by atoms with Crippen molar-refractivity contribution >= 4 is 12.0 Å². The van der Waals surface area contributed by atoms with Crippen molar-refractivity contribution in [1.29, 1.82) is 0 Å². The highest BCUT2D eigenvalue weighted by atomic mass is 16.5. The van der Waals surface area contributed by atoms with Crippen LogP contribution >= 0.6 is 0 Å². The van der Waals surface area contributed by atoms with Gasteiger partial charge in [-0.2, -0.15) is 0 Å². The van der Waals surface area contributed by atoms with E-state index in [1.165, 1.54) is 7.11 Å². The molecule has 4 heterocycles. The Bertz CT molecular complexity index is 2220. The molecule has 2 aliphatic rings. The molecule has 2 amide bonds. The molecule has 0 saturated carbocycles. The fourth-order valence-corrected chi connectivity index (χ4v) is 7.97. The summed E-state index contributed by atoms with van der Waals surface area (Å²) in [7, 11) is 1.38. The van der Waals surface area contributed by atoms with Crippen LogP contribution in [0.15, 0.2) is 97.3 Å². The summed E-state index contributed by atoms with van der Waals surface area (Å²) in [6, 6.07) is 27.3. The predicted octanol–water partition coefficient (Wildman–Crippen LogP) is 6.91. The van der Waals surface area contributed by atoms with Crippen molar-refractivity contribution in [3.63, 3.8) is 0 Å². The maximum atomic E-state index is 14.1. The molecule has 292 valence electrons. The second-order valence-corrected chi connectivity index (χ2v) is 14.4. The number of aromatic nitrogens is 4. The minimum atomic E-state index is -0.452. The van der Waals surface area contributed by atoms with Gasteiger partial charge >= 0.3 is 6.09 Å². The van der Waals surface area contributed by atoms with Crippen molar-refractivity contribution in [1.82, 2.24) is 40.0 Å². The predicted molar refractivity (Wildman–Crippen MR) is 220 cm³/mol. The lowest BCUT2D eigenvalue weighted by atomic mass is 10.0. The van der Waals surface area contributed by atoms with Crippen LogP contribution in [0.25, 0.3) is 0 Å². The molecule has 11 nitrogen and oxygen atoms in total. The number of benzene rings is 3. The Morgan fingerprint density at radius 3 is 1.89 bits per heavy atom. The van der Waals surface area contributed by atoms with Crippen molar-refractivity contribution in [2.75, 3.05) is 39.8 Å². The van der Waals surface area contributed by atoms with E-state index >= 15 is 0 Å². The van der Waals surface area contributed by atoms with E-state index in [1.54, 1.807) is 12.4 Å². The Hall–Kier alpha value is -6.14. The summed E-state index contributed by atoms with van der Waals surface area (Å²) < 4.78 is 4.91. The molecule has 57 heavy (non-hydrogen) atoms. The minimum absolute atomic E-state index is 0.0964. The maximum Gasteiger partial charge on any atom is 0.407 e. The number of amides is 2. The van der Waals surface area contributed by atoms with Gasteiger partial charge in [-0.15, -0.1) is 0 Å². The number of ether oxygens (including phenoxy) is 1. The molecule has 2 aliphatic heterocycles. The van der Waals surface area contributed by atoms with Gasteiger partial charge in [-0.3, -0.25) is 14.6 Å². The molecular formula is C46H50N8O3. The SMILES string of the molecule is CCN(CC)C(C(=O)N1CCCC1c1ncc(C#Cc2ccc(C#Cc3cnc(C4CCCN4CC(NC(=O)OC)c4ccccc4)[nH]3)cc2)[nH]1)c1ccccc1. The van der Waals surface area contributed by atoms with E-state index in [9.17, 15) is 9.59 Å². The number of aromatic amines is 2. The van der Waals surface area contributed by atoms with E-state index in [0.29, 0.717) is 18.8 Å². The first-order valence-electron chi connectivity index (χ1n) is 19.9. The first-order valence-corrected chi connectivity index (χ1v) is 19.9. The number of H-pyrrole nitrogens is 2. The summed E-state index contributed by atoms with van der Waals surface area (Å²) in [5.74, 6) is 14.7. The number of nitrogens with zero attached hydrogens (tertiary/aromatic N) is 5. The topological polar surface area (TPSA) is 122 Å². The average molecular weight is 763 g/mol. The highest BCUT2D eigenvalue weighted by Gasteiger charge is 2.38. The van der Waals surface area contributed by atoms with Crippen LogP contribution in [0.5, 0.6) is 0 Å². The number of likely N-dealkylation sites (N-methyl/N-ethyl adjacent to an activating group) is 1. The minimum Gasteiger partial charge on any atom is -0.453 e. The molecule has 4 atom stereocenters. The summed E-state index contributed by atoms with van der Waals surface area (Å²) in [6.45, 7) is 8.03. The molecule has 5 aromatic rings. The molecule has 3 aromatic carbocycles. The van der Waals surface area contributed by atoms with Crippen molar-refractivity contribution in [2.45, 2.75) is 63.7 Å². The highest BCUT2D eigenvalue weighted by molar-refractivity contribution is 5.84. The zero-order valence-corrected chi connectivity index (χ0v) is 32.9. The normalized spacial score (nSPS) is 17.6. The number of hydrogen-bond donors (Lipinski definition) is 3. The summed E-state index contributed by atoms with van der Waals surface area (Å²) in [5.41, 5.74) is 5.23. The van der Waals surface area contributed by atoms with Gasteiger partial charge in [0.2, 0.25) is 5.91 Å². The fourth-order valence-electron chi connectivity index (χ4n) is 7.97. The molecule has 0 radical (unpaired) electrons. The third kappa shape index (κ3) is 9.46. The van der Waals surface area contributed by atoms with Crippen LogP contribution in [-0.2, 0) is 9.53 Å². The lowest BCUT2D eigenvalue weighted by molar-refractivity contribution is -0.138. The largest absolute Gasteiger partial charge is 0.453 e. The number of rotatable bonds is 11. The number of methoxy groups -OCH3 is 1. The zero-order valence-electron chi connectivity index (χ0n) is 32.9. The Labute approximate surface area is 335 Å². The van der Waals surface area contributed by atoms with E-state index in [-0.39, 0.29) is 30.1 Å².